The molecule has 1 rings (SSSR count). The summed E-state index contributed by atoms with van der Waals surface area (Å²) >= 11 is 12.1. The minimum atomic E-state index is -0.846. The predicted octanol–water partition coefficient (Wildman–Crippen LogP) is 3.45. The van der Waals surface area contributed by atoms with Gasteiger partial charge in [0.2, 0.25) is 0 Å². The molecule has 0 aromatic rings. The molecule has 0 aromatic carbocycles. The van der Waals surface area contributed by atoms with Gasteiger partial charge in [0.1, 0.15) is 5.83 Å². The molecule has 0 saturated carbocycles. The Balaban J connectivity index is 2.58. The van der Waals surface area contributed by atoms with Crippen LogP contribution in [0.15, 0.2) is 45.4 Å². The van der Waals surface area contributed by atoms with Crippen molar-refractivity contribution in [3.8, 4) is 0 Å². The van der Waals surface area contributed by atoms with Crippen molar-refractivity contribution in [3.05, 3.63) is 45.4 Å². The van der Waals surface area contributed by atoms with E-state index in [0.29, 0.717) is 43.0 Å². The number of halogens is 3. The van der Waals surface area contributed by atoms with Crippen LogP contribution in [0.1, 0.15) is 26.2 Å². The van der Waals surface area contributed by atoms with Gasteiger partial charge in [-0.05, 0) is 18.9 Å². The van der Waals surface area contributed by atoms with Crippen molar-refractivity contribution in [2.24, 2.45) is 5.73 Å². The molecule has 0 aliphatic heterocycles. The predicted molar refractivity (Wildman–Crippen MR) is 86.7 cm³/mol. The van der Waals surface area contributed by atoms with Crippen LogP contribution in [0.3, 0.4) is 0 Å². The van der Waals surface area contributed by atoms with Gasteiger partial charge in [-0.15, -0.1) is 0 Å². The highest BCUT2D eigenvalue weighted by atomic mass is 35.5. The van der Waals surface area contributed by atoms with E-state index in [1.807, 2.05) is 6.92 Å². The summed E-state index contributed by atoms with van der Waals surface area (Å²) in [6.45, 7) is 2.75. The lowest BCUT2D eigenvalue weighted by atomic mass is 10.0. The van der Waals surface area contributed by atoms with Crippen molar-refractivity contribution in [3.63, 3.8) is 0 Å². The molecule has 0 spiro atoms. The van der Waals surface area contributed by atoms with E-state index in [1.54, 1.807) is 6.08 Å². The Morgan fingerprint density at radius 2 is 2.19 bits per heavy atom. The Hall–Kier alpha value is -0.810. The number of nitrogens with two attached hydrogens (primary N) is 1. The second-order valence-corrected chi connectivity index (χ2v) is 5.64. The van der Waals surface area contributed by atoms with Crippen LogP contribution in [0.4, 0.5) is 4.39 Å². The first-order chi connectivity index (χ1) is 9.99. The van der Waals surface area contributed by atoms with Crippen LogP contribution in [-0.4, -0.2) is 24.3 Å². The van der Waals surface area contributed by atoms with E-state index in [2.05, 4.69) is 5.32 Å². The molecule has 0 heterocycles. The van der Waals surface area contributed by atoms with Crippen molar-refractivity contribution >= 4 is 23.2 Å². The van der Waals surface area contributed by atoms with Gasteiger partial charge in [0, 0.05) is 36.3 Å². The molecular weight excluding hydrogens is 314 g/mol. The van der Waals surface area contributed by atoms with E-state index < -0.39 is 6.10 Å². The molecular formula is C15H21Cl2FN2O. The third-order valence-corrected chi connectivity index (χ3v) is 4.01. The Labute approximate surface area is 135 Å². The third-order valence-electron chi connectivity index (χ3n) is 3.21. The largest absolute Gasteiger partial charge is 0.403 e. The Kier molecular flexibility index (Phi) is 8.04. The number of hydrogen-bond acceptors (Lipinski definition) is 3. The molecule has 0 amide bonds. The van der Waals surface area contributed by atoms with Crippen molar-refractivity contribution < 1.29 is 9.50 Å². The van der Waals surface area contributed by atoms with Crippen LogP contribution in [0.25, 0.3) is 0 Å². The summed E-state index contributed by atoms with van der Waals surface area (Å²) in [4.78, 5) is 0. The van der Waals surface area contributed by atoms with E-state index in [0.717, 1.165) is 5.57 Å². The molecule has 3 nitrogen and oxygen atoms in total. The van der Waals surface area contributed by atoms with Gasteiger partial charge in [0.25, 0.3) is 0 Å². The van der Waals surface area contributed by atoms with Crippen LogP contribution < -0.4 is 11.1 Å². The summed E-state index contributed by atoms with van der Waals surface area (Å²) in [5.74, 6) is -0.0985. The van der Waals surface area contributed by atoms with E-state index in [1.165, 1.54) is 12.3 Å². The van der Waals surface area contributed by atoms with Crippen LogP contribution >= 0.6 is 23.2 Å². The molecule has 0 bridgehead atoms. The highest BCUT2D eigenvalue weighted by Crippen LogP contribution is 2.26. The molecule has 1 atom stereocenters. The summed E-state index contributed by atoms with van der Waals surface area (Å²) in [6, 6.07) is 0. The number of aliphatic hydroxyl groups is 1. The van der Waals surface area contributed by atoms with Gasteiger partial charge in [0.05, 0.1) is 11.1 Å². The standard InChI is InChI=1S/C15H21Cl2FN2O/c1-2-12(16)15(13(17)7-19)14(21)9-20-8-10-3-5-11(18)6-4-10/h3,5,7,14,20-21H,2,4,6,8-9,19H2,1H3/b13-7+,15-12-. The molecule has 6 heteroatoms. The SMILES string of the molecule is CC/C(Cl)=C(\C(Cl)=C/N)C(O)CNCC1=CC=C(F)CC1. The van der Waals surface area contributed by atoms with Gasteiger partial charge in [-0.1, -0.05) is 41.8 Å². The van der Waals surface area contributed by atoms with Crippen molar-refractivity contribution in [2.45, 2.75) is 32.3 Å². The van der Waals surface area contributed by atoms with E-state index in [9.17, 15) is 9.50 Å². The minimum Gasteiger partial charge on any atom is -0.403 e. The number of hydrogen-bond donors (Lipinski definition) is 3. The summed E-state index contributed by atoms with van der Waals surface area (Å²) in [5, 5.41) is 14.1. The quantitative estimate of drug-likeness (QED) is 0.625. The average Bonchev–Trinajstić information content (AvgIpc) is 2.49. The fourth-order valence-corrected chi connectivity index (χ4v) is 2.54. The molecule has 0 aromatic heterocycles. The summed E-state index contributed by atoms with van der Waals surface area (Å²) in [6.07, 6.45) is 5.30. The first kappa shape index (κ1) is 18.2. The van der Waals surface area contributed by atoms with Gasteiger partial charge in [-0.25, -0.2) is 4.39 Å². The number of rotatable bonds is 7. The summed E-state index contributed by atoms with van der Waals surface area (Å²) in [5.41, 5.74) is 6.93. The third kappa shape index (κ3) is 5.83. The van der Waals surface area contributed by atoms with Gasteiger partial charge in [-0.2, -0.15) is 0 Å². The van der Waals surface area contributed by atoms with Crippen molar-refractivity contribution in [1.29, 1.82) is 0 Å². The monoisotopic (exact) mass is 334 g/mol. The van der Waals surface area contributed by atoms with Gasteiger partial charge >= 0.3 is 0 Å². The maximum atomic E-state index is 12.9. The fraction of sp³-hybridized carbons (Fsp3) is 0.467. The molecule has 21 heavy (non-hydrogen) atoms. The molecule has 0 fully saturated rings. The number of nitrogens with one attached hydrogen (secondary N) is 1. The summed E-state index contributed by atoms with van der Waals surface area (Å²) < 4.78 is 12.9. The second kappa shape index (κ2) is 9.26. The molecule has 1 unspecified atom stereocenters. The summed E-state index contributed by atoms with van der Waals surface area (Å²) in [7, 11) is 0. The lowest BCUT2D eigenvalue weighted by Gasteiger charge is -2.18. The van der Waals surface area contributed by atoms with Crippen LogP contribution in [-0.2, 0) is 0 Å². The Morgan fingerprint density at radius 1 is 1.48 bits per heavy atom. The van der Waals surface area contributed by atoms with Gasteiger partial charge < -0.3 is 16.2 Å². The second-order valence-electron chi connectivity index (χ2n) is 4.77. The molecule has 1 aliphatic rings. The zero-order valence-electron chi connectivity index (χ0n) is 12.0. The maximum absolute atomic E-state index is 12.9. The molecule has 0 radical (unpaired) electrons. The molecule has 118 valence electrons. The Morgan fingerprint density at radius 3 is 2.71 bits per heavy atom. The zero-order valence-corrected chi connectivity index (χ0v) is 13.5. The van der Waals surface area contributed by atoms with Crippen LogP contribution in [0, 0.1) is 0 Å². The normalized spacial score (nSPS) is 18.8. The smallest absolute Gasteiger partial charge is 0.100 e. The first-order valence-corrected chi connectivity index (χ1v) is 7.64. The van der Waals surface area contributed by atoms with Crippen molar-refractivity contribution in [2.75, 3.05) is 13.1 Å². The highest BCUT2D eigenvalue weighted by Gasteiger charge is 2.17. The van der Waals surface area contributed by atoms with Crippen molar-refractivity contribution in [1.82, 2.24) is 5.32 Å². The van der Waals surface area contributed by atoms with Gasteiger partial charge in [0.15, 0.2) is 0 Å². The van der Waals surface area contributed by atoms with Crippen LogP contribution in [0.2, 0.25) is 0 Å². The number of allylic oxidation sites excluding steroid dienone is 4. The lowest BCUT2D eigenvalue weighted by molar-refractivity contribution is 0.210. The lowest BCUT2D eigenvalue weighted by Crippen LogP contribution is -2.30. The maximum Gasteiger partial charge on any atom is 0.100 e. The van der Waals surface area contributed by atoms with Gasteiger partial charge in [-0.3, -0.25) is 0 Å². The van der Waals surface area contributed by atoms with E-state index >= 15 is 0 Å². The fourth-order valence-electron chi connectivity index (χ4n) is 2.02. The highest BCUT2D eigenvalue weighted by molar-refractivity contribution is 6.35. The number of aliphatic hydroxyl groups excluding tert-OH is 1. The van der Waals surface area contributed by atoms with E-state index in [4.69, 9.17) is 28.9 Å². The molecule has 0 saturated heterocycles. The topological polar surface area (TPSA) is 58.3 Å². The minimum absolute atomic E-state index is 0.0985. The van der Waals surface area contributed by atoms with Crippen LogP contribution in [0.5, 0.6) is 0 Å². The first-order valence-electron chi connectivity index (χ1n) is 6.88. The Bertz CT molecular complexity index is 484. The zero-order chi connectivity index (χ0) is 15.8. The molecule has 4 N–H and O–H groups in total. The molecule has 1 aliphatic carbocycles. The average molecular weight is 335 g/mol. The van der Waals surface area contributed by atoms with E-state index in [-0.39, 0.29) is 10.9 Å².